The molecule has 1 rings (SSSR count). The summed E-state index contributed by atoms with van der Waals surface area (Å²) < 4.78 is 38.2. The minimum absolute atomic E-state index is 0.125. The highest BCUT2D eigenvalue weighted by Crippen LogP contribution is 2.31. The molecule has 0 amide bonds. The fraction of sp³-hybridized carbons (Fsp3) is 0.733. The summed E-state index contributed by atoms with van der Waals surface area (Å²) in [7, 11) is -1.68. The van der Waals surface area contributed by atoms with E-state index in [9.17, 15) is 23.4 Å². The summed E-state index contributed by atoms with van der Waals surface area (Å²) in [4.78, 5) is 45.8. The van der Waals surface area contributed by atoms with Crippen LogP contribution in [0.2, 0.25) is 0 Å². The Hall–Kier alpha value is -2.01. The van der Waals surface area contributed by atoms with Crippen molar-refractivity contribution >= 4 is 34.7 Å². The SMILES string of the molecule is CCS(=O)[C@H]1O[C@H](OC(C)=O)[C@H](OC(C)=O)[C@@H](OC(C)=O)[C@@H]1OC(C)=O. The quantitative estimate of drug-likeness (QED) is 0.440. The van der Waals surface area contributed by atoms with Crippen molar-refractivity contribution in [3.8, 4) is 0 Å². The molecule has 0 radical (unpaired) electrons. The molecular weight excluding hydrogens is 372 g/mol. The van der Waals surface area contributed by atoms with Gasteiger partial charge in [0, 0.05) is 33.4 Å². The molecule has 0 bridgehead atoms. The van der Waals surface area contributed by atoms with Gasteiger partial charge in [-0.2, -0.15) is 0 Å². The van der Waals surface area contributed by atoms with Crippen LogP contribution in [0, 0.1) is 0 Å². The van der Waals surface area contributed by atoms with E-state index >= 15 is 0 Å². The van der Waals surface area contributed by atoms with Crippen molar-refractivity contribution in [2.75, 3.05) is 5.75 Å². The van der Waals surface area contributed by atoms with Crippen LogP contribution >= 0.6 is 0 Å². The van der Waals surface area contributed by atoms with E-state index in [4.69, 9.17) is 23.7 Å². The summed E-state index contributed by atoms with van der Waals surface area (Å²) in [6, 6.07) is 0. The standard InChI is InChI=1S/C15H22O10S/c1-6-26(20)15-13(23-9(4)18)11(21-7(2)16)12(22-8(3)17)14(25-15)24-10(5)19/h11-15H,6H2,1-5H3/t11-,12-,13+,14+,15-,26?/m1/s1. The molecule has 0 saturated carbocycles. The van der Waals surface area contributed by atoms with Crippen molar-refractivity contribution in [3.63, 3.8) is 0 Å². The number of carbonyl (C=O) groups is 4. The summed E-state index contributed by atoms with van der Waals surface area (Å²) in [5.41, 5.74) is -1.26. The van der Waals surface area contributed by atoms with E-state index in [0.717, 1.165) is 27.7 Å². The first-order valence-corrected chi connectivity index (χ1v) is 9.16. The molecule has 6 atom stereocenters. The van der Waals surface area contributed by atoms with Crippen LogP contribution < -0.4 is 0 Å². The molecule has 0 aromatic heterocycles. The van der Waals surface area contributed by atoms with Crippen molar-refractivity contribution < 1.29 is 47.1 Å². The molecule has 1 aliphatic rings. The molecular formula is C15H22O10S. The molecule has 1 fully saturated rings. The fourth-order valence-corrected chi connectivity index (χ4v) is 3.44. The van der Waals surface area contributed by atoms with E-state index in [1.807, 2.05) is 0 Å². The Morgan fingerprint density at radius 3 is 1.62 bits per heavy atom. The van der Waals surface area contributed by atoms with Gasteiger partial charge in [-0.25, -0.2) is 0 Å². The third-order valence-corrected chi connectivity index (χ3v) is 4.65. The van der Waals surface area contributed by atoms with E-state index in [1.54, 1.807) is 6.92 Å². The molecule has 11 heteroatoms. The fourth-order valence-electron chi connectivity index (χ4n) is 2.37. The Morgan fingerprint density at radius 2 is 1.19 bits per heavy atom. The zero-order chi connectivity index (χ0) is 20.0. The predicted molar refractivity (Wildman–Crippen MR) is 85.8 cm³/mol. The molecule has 148 valence electrons. The number of hydrogen-bond acceptors (Lipinski definition) is 10. The van der Waals surface area contributed by atoms with Gasteiger partial charge in [0.2, 0.25) is 12.4 Å². The molecule has 0 aliphatic carbocycles. The smallest absolute Gasteiger partial charge is 0.305 e. The van der Waals surface area contributed by atoms with Crippen LogP contribution in [0.25, 0.3) is 0 Å². The summed E-state index contributed by atoms with van der Waals surface area (Å²) in [6.07, 6.45) is -5.60. The number of hydrogen-bond donors (Lipinski definition) is 0. The van der Waals surface area contributed by atoms with Crippen molar-refractivity contribution in [2.45, 2.75) is 64.7 Å². The number of rotatable bonds is 6. The first-order chi connectivity index (χ1) is 12.1. The number of carbonyl (C=O) groups excluding carboxylic acids is 4. The van der Waals surface area contributed by atoms with Crippen LogP contribution in [0.15, 0.2) is 0 Å². The summed E-state index contributed by atoms with van der Waals surface area (Å²) in [5, 5.41) is 0. The van der Waals surface area contributed by atoms with Crippen LogP contribution in [0.5, 0.6) is 0 Å². The monoisotopic (exact) mass is 394 g/mol. The minimum Gasteiger partial charge on any atom is -0.455 e. The second-order valence-electron chi connectivity index (χ2n) is 5.37. The Morgan fingerprint density at radius 1 is 0.769 bits per heavy atom. The predicted octanol–water partition coefficient (Wildman–Crippen LogP) is -0.204. The van der Waals surface area contributed by atoms with Gasteiger partial charge in [0.15, 0.2) is 17.6 Å². The summed E-state index contributed by atoms with van der Waals surface area (Å²) in [5.74, 6) is -2.93. The Balaban J connectivity index is 3.37. The van der Waals surface area contributed by atoms with Gasteiger partial charge >= 0.3 is 23.9 Å². The number of esters is 4. The Labute approximate surface area is 152 Å². The summed E-state index contributed by atoms with van der Waals surface area (Å²) in [6.45, 7) is 5.99. The van der Waals surface area contributed by atoms with E-state index < -0.39 is 64.7 Å². The van der Waals surface area contributed by atoms with Gasteiger partial charge in [-0.1, -0.05) is 6.92 Å². The van der Waals surface area contributed by atoms with Crippen molar-refractivity contribution in [1.82, 2.24) is 0 Å². The van der Waals surface area contributed by atoms with Crippen molar-refractivity contribution in [3.05, 3.63) is 0 Å². The van der Waals surface area contributed by atoms with Gasteiger partial charge in [0.05, 0.1) is 10.8 Å². The van der Waals surface area contributed by atoms with Gasteiger partial charge in [-0.15, -0.1) is 0 Å². The van der Waals surface area contributed by atoms with Crippen LogP contribution in [-0.2, 0) is 53.7 Å². The molecule has 0 spiro atoms. The molecule has 1 heterocycles. The van der Waals surface area contributed by atoms with E-state index in [-0.39, 0.29) is 5.75 Å². The maximum absolute atomic E-state index is 12.4. The molecule has 10 nitrogen and oxygen atoms in total. The number of ether oxygens (including phenoxy) is 5. The van der Waals surface area contributed by atoms with Crippen LogP contribution in [0.1, 0.15) is 34.6 Å². The van der Waals surface area contributed by atoms with E-state index in [2.05, 4.69) is 0 Å². The third kappa shape index (κ3) is 6.06. The molecule has 1 aliphatic heterocycles. The van der Waals surface area contributed by atoms with Crippen molar-refractivity contribution in [2.24, 2.45) is 0 Å². The summed E-state index contributed by atoms with van der Waals surface area (Å²) >= 11 is 0. The highest BCUT2D eigenvalue weighted by Gasteiger charge is 2.54. The van der Waals surface area contributed by atoms with Crippen molar-refractivity contribution in [1.29, 1.82) is 0 Å². The topological polar surface area (TPSA) is 132 Å². The van der Waals surface area contributed by atoms with Gasteiger partial charge in [-0.3, -0.25) is 23.4 Å². The molecule has 0 N–H and O–H groups in total. The largest absolute Gasteiger partial charge is 0.455 e. The molecule has 0 aromatic carbocycles. The Kier molecular flexibility index (Phi) is 8.15. The lowest BCUT2D eigenvalue weighted by Gasteiger charge is -2.43. The third-order valence-electron chi connectivity index (χ3n) is 3.18. The van der Waals surface area contributed by atoms with Crippen LogP contribution in [0.4, 0.5) is 0 Å². The maximum Gasteiger partial charge on any atom is 0.305 e. The highest BCUT2D eigenvalue weighted by molar-refractivity contribution is 7.85. The van der Waals surface area contributed by atoms with Crippen LogP contribution in [0.3, 0.4) is 0 Å². The lowest BCUT2D eigenvalue weighted by molar-refractivity contribution is -0.281. The molecule has 1 saturated heterocycles. The van der Waals surface area contributed by atoms with Gasteiger partial charge in [-0.05, 0) is 0 Å². The van der Waals surface area contributed by atoms with Gasteiger partial charge < -0.3 is 23.7 Å². The first-order valence-electron chi connectivity index (χ1n) is 7.78. The maximum atomic E-state index is 12.4. The zero-order valence-corrected chi connectivity index (χ0v) is 15.9. The molecule has 26 heavy (non-hydrogen) atoms. The van der Waals surface area contributed by atoms with Gasteiger partial charge in [0.25, 0.3) is 0 Å². The van der Waals surface area contributed by atoms with Crippen LogP contribution in [-0.4, -0.2) is 63.9 Å². The second kappa shape index (κ2) is 9.62. The average Bonchev–Trinajstić information content (AvgIpc) is 2.50. The first kappa shape index (κ1) is 22.0. The Bertz CT molecular complexity index is 589. The van der Waals surface area contributed by atoms with E-state index in [1.165, 1.54) is 0 Å². The second-order valence-corrected chi connectivity index (χ2v) is 7.18. The molecule has 1 unspecified atom stereocenters. The lowest BCUT2D eigenvalue weighted by atomic mass is 10.0. The van der Waals surface area contributed by atoms with Gasteiger partial charge in [0.1, 0.15) is 0 Å². The normalized spacial score (nSPS) is 29.2. The minimum atomic E-state index is -1.68. The molecule has 0 aromatic rings. The average molecular weight is 394 g/mol. The van der Waals surface area contributed by atoms with E-state index in [0.29, 0.717) is 0 Å². The highest BCUT2D eigenvalue weighted by atomic mass is 32.2. The lowest BCUT2D eigenvalue weighted by Crippen LogP contribution is -2.63. The zero-order valence-electron chi connectivity index (χ0n) is 15.1.